The van der Waals surface area contributed by atoms with Crippen molar-refractivity contribution >= 4 is 17.7 Å². The average Bonchev–Trinajstić information content (AvgIpc) is 2.28. The van der Waals surface area contributed by atoms with Gasteiger partial charge in [-0.3, -0.25) is 19.8 Å². The van der Waals surface area contributed by atoms with Gasteiger partial charge in [-0.2, -0.15) is 0 Å². The standard InChI is InChI=1S/C9H16N4O3/c1-7(14)12-2-4-13(5-3-12)9(16)6-8(15)11-10/h2-6,10H2,1H3,(H,11,15). The van der Waals surface area contributed by atoms with Gasteiger partial charge in [-0.05, 0) is 0 Å². The van der Waals surface area contributed by atoms with Crippen LogP contribution in [0.5, 0.6) is 0 Å². The Bertz CT molecular complexity index is 297. The SMILES string of the molecule is CC(=O)N1CCN(C(=O)CC(=O)NN)CC1. The predicted octanol–water partition coefficient (Wildman–Crippen LogP) is -1.94. The van der Waals surface area contributed by atoms with Gasteiger partial charge in [0.05, 0.1) is 0 Å². The highest BCUT2D eigenvalue weighted by molar-refractivity contribution is 5.96. The van der Waals surface area contributed by atoms with Gasteiger partial charge in [-0.25, -0.2) is 5.84 Å². The highest BCUT2D eigenvalue weighted by Gasteiger charge is 2.23. The lowest BCUT2D eigenvalue weighted by atomic mass is 10.2. The lowest BCUT2D eigenvalue weighted by molar-refractivity contribution is -0.141. The first kappa shape index (κ1) is 12.4. The predicted molar refractivity (Wildman–Crippen MR) is 55.8 cm³/mol. The molecule has 0 aliphatic carbocycles. The van der Waals surface area contributed by atoms with E-state index in [4.69, 9.17) is 5.84 Å². The van der Waals surface area contributed by atoms with Gasteiger partial charge in [0.25, 0.3) is 0 Å². The van der Waals surface area contributed by atoms with E-state index in [0.717, 1.165) is 0 Å². The van der Waals surface area contributed by atoms with E-state index >= 15 is 0 Å². The van der Waals surface area contributed by atoms with Crippen molar-refractivity contribution in [2.24, 2.45) is 5.84 Å². The summed E-state index contributed by atoms with van der Waals surface area (Å²) in [6, 6.07) is 0. The molecule has 1 heterocycles. The minimum Gasteiger partial charge on any atom is -0.339 e. The van der Waals surface area contributed by atoms with Gasteiger partial charge in [-0.1, -0.05) is 0 Å². The van der Waals surface area contributed by atoms with Crippen LogP contribution in [0.1, 0.15) is 13.3 Å². The molecule has 0 saturated carbocycles. The molecule has 0 aromatic heterocycles. The number of hydrogen-bond acceptors (Lipinski definition) is 4. The molecule has 0 unspecified atom stereocenters. The lowest BCUT2D eigenvalue weighted by Crippen LogP contribution is -2.50. The number of nitrogens with two attached hydrogens (primary N) is 1. The van der Waals surface area contributed by atoms with Crippen LogP contribution in [0, 0.1) is 0 Å². The van der Waals surface area contributed by atoms with Crippen LogP contribution in [0.25, 0.3) is 0 Å². The van der Waals surface area contributed by atoms with Crippen molar-refractivity contribution in [1.82, 2.24) is 15.2 Å². The van der Waals surface area contributed by atoms with Gasteiger partial charge in [0, 0.05) is 33.1 Å². The molecule has 0 spiro atoms. The van der Waals surface area contributed by atoms with Gasteiger partial charge in [0.2, 0.25) is 17.7 Å². The summed E-state index contributed by atoms with van der Waals surface area (Å²) in [6.45, 7) is 3.47. The number of hydrazine groups is 1. The fraction of sp³-hybridized carbons (Fsp3) is 0.667. The van der Waals surface area contributed by atoms with E-state index in [1.165, 1.54) is 6.92 Å². The molecule has 16 heavy (non-hydrogen) atoms. The summed E-state index contributed by atoms with van der Waals surface area (Å²) in [7, 11) is 0. The molecule has 0 aromatic rings. The summed E-state index contributed by atoms with van der Waals surface area (Å²) in [6.07, 6.45) is -0.240. The van der Waals surface area contributed by atoms with Gasteiger partial charge < -0.3 is 9.80 Å². The lowest BCUT2D eigenvalue weighted by Gasteiger charge is -2.34. The topological polar surface area (TPSA) is 95.7 Å². The highest BCUT2D eigenvalue weighted by Crippen LogP contribution is 2.03. The Hall–Kier alpha value is -1.63. The summed E-state index contributed by atoms with van der Waals surface area (Å²) in [4.78, 5) is 36.7. The molecule has 0 radical (unpaired) electrons. The van der Waals surface area contributed by atoms with Gasteiger partial charge in [0.1, 0.15) is 6.42 Å². The maximum Gasteiger partial charge on any atom is 0.243 e. The smallest absolute Gasteiger partial charge is 0.243 e. The van der Waals surface area contributed by atoms with Crippen LogP contribution >= 0.6 is 0 Å². The Morgan fingerprint density at radius 2 is 1.62 bits per heavy atom. The molecule has 7 nitrogen and oxygen atoms in total. The van der Waals surface area contributed by atoms with E-state index in [2.05, 4.69) is 0 Å². The van der Waals surface area contributed by atoms with Crippen molar-refractivity contribution in [3.8, 4) is 0 Å². The second-order valence-electron chi connectivity index (χ2n) is 3.63. The molecule has 7 heteroatoms. The Balaban J connectivity index is 2.38. The van der Waals surface area contributed by atoms with E-state index in [0.29, 0.717) is 26.2 Å². The summed E-state index contributed by atoms with van der Waals surface area (Å²) < 4.78 is 0. The second-order valence-corrected chi connectivity index (χ2v) is 3.63. The molecular weight excluding hydrogens is 212 g/mol. The molecule has 1 saturated heterocycles. The fourth-order valence-electron chi connectivity index (χ4n) is 1.57. The number of nitrogens with one attached hydrogen (secondary N) is 1. The fourth-order valence-corrected chi connectivity index (χ4v) is 1.57. The number of piperazine rings is 1. The van der Waals surface area contributed by atoms with Crippen LogP contribution < -0.4 is 11.3 Å². The Morgan fingerprint density at radius 3 is 2.06 bits per heavy atom. The third-order valence-corrected chi connectivity index (χ3v) is 2.55. The highest BCUT2D eigenvalue weighted by atomic mass is 16.2. The van der Waals surface area contributed by atoms with Gasteiger partial charge in [-0.15, -0.1) is 0 Å². The molecule has 1 aliphatic heterocycles. The maximum atomic E-state index is 11.6. The zero-order chi connectivity index (χ0) is 12.1. The quantitative estimate of drug-likeness (QED) is 0.249. The number of carbonyl (C=O) groups is 3. The van der Waals surface area contributed by atoms with Crippen molar-refractivity contribution in [1.29, 1.82) is 0 Å². The van der Waals surface area contributed by atoms with E-state index in [1.54, 1.807) is 9.80 Å². The summed E-state index contributed by atoms with van der Waals surface area (Å²) in [5.41, 5.74) is 1.91. The van der Waals surface area contributed by atoms with Crippen LogP contribution in [0.15, 0.2) is 0 Å². The van der Waals surface area contributed by atoms with E-state index in [-0.39, 0.29) is 18.2 Å². The third-order valence-electron chi connectivity index (χ3n) is 2.55. The molecule has 0 aromatic carbocycles. The molecule has 1 fully saturated rings. The summed E-state index contributed by atoms with van der Waals surface area (Å²) in [5.74, 6) is 4.14. The Kier molecular flexibility index (Phi) is 4.24. The number of rotatable bonds is 2. The first-order valence-corrected chi connectivity index (χ1v) is 5.07. The van der Waals surface area contributed by atoms with Crippen molar-refractivity contribution < 1.29 is 14.4 Å². The summed E-state index contributed by atoms with van der Waals surface area (Å²) >= 11 is 0. The first-order chi connectivity index (χ1) is 7.54. The normalized spacial score (nSPS) is 15.9. The van der Waals surface area contributed by atoms with Gasteiger partial charge >= 0.3 is 0 Å². The van der Waals surface area contributed by atoms with Crippen LogP contribution in [0.2, 0.25) is 0 Å². The number of amides is 3. The number of hydrogen-bond donors (Lipinski definition) is 2. The molecule has 3 N–H and O–H groups in total. The van der Waals surface area contributed by atoms with Crippen LogP contribution in [-0.2, 0) is 14.4 Å². The van der Waals surface area contributed by atoms with E-state index in [1.807, 2.05) is 5.43 Å². The zero-order valence-electron chi connectivity index (χ0n) is 9.23. The zero-order valence-corrected chi connectivity index (χ0v) is 9.23. The molecule has 0 atom stereocenters. The van der Waals surface area contributed by atoms with Crippen LogP contribution in [0.4, 0.5) is 0 Å². The summed E-state index contributed by atoms with van der Waals surface area (Å²) in [5, 5.41) is 0. The van der Waals surface area contributed by atoms with Crippen LogP contribution in [0.3, 0.4) is 0 Å². The number of carbonyl (C=O) groups excluding carboxylic acids is 3. The van der Waals surface area contributed by atoms with Gasteiger partial charge in [0.15, 0.2) is 0 Å². The van der Waals surface area contributed by atoms with Crippen molar-refractivity contribution in [2.75, 3.05) is 26.2 Å². The average molecular weight is 228 g/mol. The van der Waals surface area contributed by atoms with Crippen molar-refractivity contribution in [2.45, 2.75) is 13.3 Å². The van der Waals surface area contributed by atoms with Crippen molar-refractivity contribution in [3.63, 3.8) is 0 Å². The molecule has 1 aliphatic rings. The van der Waals surface area contributed by atoms with E-state index < -0.39 is 5.91 Å². The molecular formula is C9H16N4O3. The first-order valence-electron chi connectivity index (χ1n) is 5.07. The Labute approximate surface area is 93.5 Å². The molecule has 3 amide bonds. The Morgan fingerprint density at radius 1 is 1.12 bits per heavy atom. The maximum absolute atomic E-state index is 11.6. The third kappa shape index (κ3) is 3.20. The largest absolute Gasteiger partial charge is 0.339 e. The van der Waals surface area contributed by atoms with E-state index in [9.17, 15) is 14.4 Å². The second kappa shape index (κ2) is 5.45. The monoisotopic (exact) mass is 228 g/mol. The number of nitrogens with zero attached hydrogens (tertiary/aromatic N) is 2. The van der Waals surface area contributed by atoms with Crippen LogP contribution in [-0.4, -0.2) is 53.7 Å². The van der Waals surface area contributed by atoms with Crippen molar-refractivity contribution in [3.05, 3.63) is 0 Å². The molecule has 90 valence electrons. The minimum atomic E-state index is -0.501. The molecule has 0 bridgehead atoms. The molecule has 1 rings (SSSR count). The minimum absolute atomic E-state index is 0.00630.